The second kappa shape index (κ2) is 13.5. The van der Waals surface area contributed by atoms with E-state index in [1.54, 1.807) is 6.92 Å². The van der Waals surface area contributed by atoms with E-state index in [9.17, 15) is 38.4 Å². The van der Waals surface area contributed by atoms with Gasteiger partial charge in [0.05, 0.1) is 44.5 Å². The highest BCUT2D eigenvalue weighted by atomic mass is 16.6. The van der Waals surface area contributed by atoms with E-state index in [1.165, 1.54) is 103 Å². The number of ether oxygens (including phenoxy) is 6. The molecule has 0 fully saturated rings. The smallest absolute Gasteiger partial charge is 0.347 e. The van der Waals surface area contributed by atoms with Crippen LogP contribution in [0.3, 0.4) is 0 Å². The summed E-state index contributed by atoms with van der Waals surface area (Å²) >= 11 is 0. The second-order valence-corrected chi connectivity index (χ2v) is 11.4. The molecular formula is C39H20O14. The van der Waals surface area contributed by atoms with Gasteiger partial charge in [-0.1, -0.05) is 0 Å². The van der Waals surface area contributed by atoms with Gasteiger partial charge in [0, 0.05) is 0 Å². The number of hydrogen-bond acceptors (Lipinski definition) is 14. The first-order chi connectivity index (χ1) is 25.4. The fraction of sp³-hybridized carbons (Fsp3) is 0.0256. The maximum absolute atomic E-state index is 12.8. The van der Waals surface area contributed by atoms with Crippen LogP contribution in [0.2, 0.25) is 0 Å². The monoisotopic (exact) mass is 712 g/mol. The second-order valence-electron chi connectivity index (χ2n) is 11.4. The molecule has 2 aliphatic rings. The summed E-state index contributed by atoms with van der Waals surface area (Å²) in [5.41, 5.74) is 1.01. The van der Waals surface area contributed by atoms with E-state index in [4.69, 9.17) is 18.9 Å². The summed E-state index contributed by atoms with van der Waals surface area (Å²) in [5, 5.41) is 0. The van der Waals surface area contributed by atoms with Crippen LogP contribution in [-0.2, 0) is 9.47 Å². The van der Waals surface area contributed by atoms with Gasteiger partial charge in [0.25, 0.3) is 0 Å². The average Bonchev–Trinajstić information content (AvgIpc) is 3.60. The van der Waals surface area contributed by atoms with E-state index in [2.05, 4.69) is 9.47 Å². The molecule has 14 heteroatoms. The summed E-state index contributed by atoms with van der Waals surface area (Å²) in [6.07, 6.45) is 0. The number of carbonyl (C=O) groups excluding carboxylic acids is 8. The Morgan fingerprint density at radius 3 is 1.09 bits per heavy atom. The number of cyclic esters (lactones) is 4. The zero-order valence-electron chi connectivity index (χ0n) is 27.0. The third-order valence-corrected chi connectivity index (χ3v) is 7.93. The molecule has 7 rings (SSSR count). The number of rotatable bonds is 8. The summed E-state index contributed by atoms with van der Waals surface area (Å²) in [6.45, 7) is 1.63. The van der Waals surface area contributed by atoms with Crippen molar-refractivity contribution in [3.8, 4) is 23.0 Å². The fourth-order valence-corrected chi connectivity index (χ4v) is 5.20. The Kier molecular flexibility index (Phi) is 8.61. The third-order valence-electron chi connectivity index (χ3n) is 7.93. The lowest BCUT2D eigenvalue weighted by Gasteiger charge is -2.10. The SMILES string of the molecule is Cc1cc(OC(=O)c2ccc(C(=O)Oc3ccc4c(c3)C(=O)OC4=O)cc2)ccc1OC(=O)c1ccc(C(=O)Oc2ccc3c(c2)C(=O)OC3=O)cc1. The zero-order chi connectivity index (χ0) is 37.4. The minimum absolute atomic E-state index is 0.0149. The first-order valence-electron chi connectivity index (χ1n) is 15.4. The number of aryl methyl sites for hydroxylation is 1. The van der Waals surface area contributed by atoms with Crippen molar-refractivity contribution in [1.82, 2.24) is 0 Å². The number of carbonyl (C=O) groups is 8. The summed E-state index contributed by atoms with van der Waals surface area (Å²) in [5.74, 6) is -5.87. The van der Waals surface area contributed by atoms with Crippen LogP contribution in [0.15, 0.2) is 103 Å². The van der Waals surface area contributed by atoms with Crippen LogP contribution in [0.25, 0.3) is 0 Å². The molecule has 2 heterocycles. The fourth-order valence-electron chi connectivity index (χ4n) is 5.20. The third kappa shape index (κ3) is 6.87. The largest absolute Gasteiger partial charge is 0.423 e. The molecule has 0 saturated heterocycles. The van der Waals surface area contributed by atoms with Crippen molar-refractivity contribution in [2.45, 2.75) is 6.92 Å². The van der Waals surface area contributed by atoms with Crippen molar-refractivity contribution in [3.63, 3.8) is 0 Å². The molecular weight excluding hydrogens is 692 g/mol. The Morgan fingerprint density at radius 2 is 0.717 bits per heavy atom. The van der Waals surface area contributed by atoms with E-state index in [1.807, 2.05) is 0 Å². The van der Waals surface area contributed by atoms with E-state index in [0.717, 1.165) is 0 Å². The molecule has 14 nitrogen and oxygen atoms in total. The van der Waals surface area contributed by atoms with E-state index >= 15 is 0 Å². The zero-order valence-corrected chi connectivity index (χ0v) is 27.0. The number of fused-ring (bicyclic) bond motifs is 2. The summed E-state index contributed by atoms with van der Waals surface area (Å²) in [4.78, 5) is 97.7. The number of hydrogen-bond donors (Lipinski definition) is 0. The summed E-state index contributed by atoms with van der Waals surface area (Å²) in [7, 11) is 0. The van der Waals surface area contributed by atoms with E-state index in [-0.39, 0.29) is 67.5 Å². The summed E-state index contributed by atoms with van der Waals surface area (Å²) in [6, 6.07) is 23.0. The van der Waals surface area contributed by atoms with Crippen molar-refractivity contribution < 1.29 is 66.8 Å². The Morgan fingerprint density at radius 1 is 0.396 bits per heavy atom. The Labute approximate surface area is 297 Å². The standard InChI is InChI=1S/C39H20O14/c1-19-16-24(48-32(40)20-2-4-21(5-3-20)33(41)49-25-10-13-27-29(17-25)38(46)52-36(27)44)12-15-31(19)51-35(43)23-8-6-22(7-9-23)34(42)50-26-11-14-28-30(18-26)39(47)53-37(28)45/h2-18H,1H3. The lowest BCUT2D eigenvalue weighted by Crippen LogP contribution is -2.12. The minimum atomic E-state index is -0.839. The topological polar surface area (TPSA) is 192 Å². The molecule has 0 radical (unpaired) electrons. The molecule has 53 heavy (non-hydrogen) atoms. The van der Waals surface area contributed by atoms with Gasteiger partial charge in [-0.05, 0) is 116 Å². The quantitative estimate of drug-likeness (QED) is 0.111. The molecule has 0 unspecified atom stereocenters. The molecule has 0 spiro atoms. The Hall–Kier alpha value is -7.74. The average molecular weight is 713 g/mol. The van der Waals surface area contributed by atoms with Gasteiger partial charge in [0.2, 0.25) is 0 Å². The molecule has 0 bridgehead atoms. The van der Waals surface area contributed by atoms with Crippen molar-refractivity contribution in [3.05, 3.63) is 153 Å². The molecule has 0 aliphatic carbocycles. The highest BCUT2D eigenvalue weighted by Gasteiger charge is 2.31. The van der Waals surface area contributed by atoms with Crippen molar-refractivity contribution in [1.29, 1.82) is 0 Å². The molecule has 0 N–H and O–H groups in total. The molecule has 0 amide bonds. The first-order valence-corrected chi connectivity index (χ1v) is 15.4. The highest BCUT2D eigenvalue weighted by Crippen LogP contribution is 2.28. The molecule has 5 aromatic rings. The van der Waals surface area contributed by atoms with Gasteiger partial charge in [-0.15, -0.1) is 0 Å². The van der Waals surface area contributed by atoms with Gasteiger partial charge in [0.1, 0.15) is 23.0 Å². The van der Waals surface area contributed by atoms with E-state index in [0.29, 0.717) is 5.56 Å². The van der Waals surface area contributed by atoms with Crippen LogP contribution in [-0.4, -0.2) is 47.8 Å². The van der Waals surface area contributed by atoms with Gasteiger partial charge in [-0.2, -0.15) is 0 Å². The van der Waals surface area contributed by atoms with Crippen LogP contribution in [0.4, 0.5) is 0 Å². The van der Waals surface area contributed by atoms with Crippen LogP contribution < -0.4 is 18.9 Å². The van der Waals surface area contributed by atoms with Crippen LogP contribution in [0.1, 0.15) is 88.4 Å². The van der Waals surface area contributed by atoms with Gasteiger partial charge >= 0.3 is 47.8 Å². The lowest BCUT2D eigenvalue weighted by molar-refractivity contribution is 0.0425. The van der Waals surface area contributed by atoms with Crippen molar-refractivity contribution in [2.24, 2.45) is 0 Å². The van der Waals surface area contributed by atoms with Crippen molar-refractivity contribution >= 4 is 47.8 Å². The molecule has 5 aromatic carbocycles. The highest BCUT2D eigenvalue weighted by molar-refractivity contribution is 6.15. The predicted molar refractivity (Wildman–Crippen MR) is 176 cm³/mol. The number of esters is 8. The predicted octanol–water partition coefficient (Wildman–Crippen LogP) is 5.49. The van der Waals surface area contributed by atoms with Gasteiger partial charge in [0.15, 0.2) is 0 Å². The lowest BCUT2D eigenvalue weighted by atomic mass is 10.1. The Balaban J connectivity index is 0.925. The van der Waals surface area contributed by atoms with Gasteiger partial charge in [-0.25, -0.2) is 38.4 Å². The molecule has 0 atom stereocenters. The van der Waals surface area contributed by atoms with Crippen molar-refractivity contribution in [2.75, 3.05) is 0 Å². The minimum Gasteiger partial charge on any atom is -0.423 e. The first kappa shape index (κ1) is 33.7. The van der Waals surface area contributed by atoms with Crippen LogP contribution in [0, 0.1) is 6.92 Å². The maximum atomic E-state index is 12.8. The molecule has 0 aromatic heterocycles. The van der Waals surface area contributed by atoms with Gasteiger partial charge < -0.3 is 28.4 Å². The van der Waals surface area contributed by atoms with Crippen LogP contribution in [0.5, 0.6) is 23.0 Å². The molecule has 2 aliphatic heterocycles. The molecule has 260 valence electrons. The number of benzene rings is 5. The summed E-state index contributed by atoms with van der Waals surface area (Å²) < 4.78 is 30.6. The van der Waals surface area contributed by atoms with E-state index < -0.39 is 47.8 Å². The Bertz CT molecular complexity index is 2440. The normalized spacial score (nSPS) is 12.6. The maximum Gasteiger partial charge on any atom is 0.347 e. The van der Waals surface area contributed by atoms with Gasteiger partial charge in [-0.3, -0.25) is 0 Å². The van der Waals surface area contributed by atoms with Crippen LogP contribution >= 0.6 is 0 Å². The molecule has 0 saturated carbocycles.